The van der Waals surface area contributed by atoms with Crippen LogP contribution >= 0.6 is 0 Å². The van der Waals surface area contributed by atoms with Crippen LogP contribution in [-0.2, 0) is 4.79 Å². The molecule has 1 aliphatic rings. The third kappa shape index (κ3) is 2.70. The number of aromatic hydroxyl groups is 2. The fourth-order valence-corrected chi connectivity index (χ4v) is 2.81. The zero-order chi connectivity index (χ0) is 15.7. The van der Waals surface area contributed by atoms with Gasteiger partial charge in [0.05, 0.1) is 12.6 Å². The lowest BCUT2D eigenvalue weighted by atomic mass is 9.85. The van der Waals surface area contributed by atoms with Gasteiger partial charge in [-0.05, 0) is 29.8 Å². The summed E-state index contributed by atoms with van der Waals surface area (Å²) in [5, 5.41) is 22.0. The van der Waals surface area contributed by atoms with Crippen molar-refractivity contribution < 1.29 is 19.7 Å². The van der Waals surface area contributed by atoms with Crippen molar-refractivity contribution in [1.29, 1.82) is 0 Å². The molecule has 5 heteroatoms. The minimum atomic E-state index is -0.244. The number of phenolic OH excluding ortho intramolecular Hbond substituents is 2. The molecule has 0 aromatic heterocycles. The van der Waals surface area contributed by atoms with Crippen LogP contribution in [0.25, 0.3) is 0 Å². The van der Waals surface area contributed by atoms with E-state index in [1.165, 1.54) is 6.92 Å². The summed E-state index contributed by atoms with van der Waals surface area (Å²) >= 11 is 0. The first-order valence-corrected chi connectivity index (χ1v) is 7.06. The molecule has 2 atom stereocenters. The molecule has 22 heavy (non-hydrogen) atoms. The lowest BCUT2D eigenvalue weighted by molar-refractivity contribution is -0.120. The van der Waals surface area contributed by atoms with Crippen molar-refractivity contribution in [2.75, 3.05) is 6.61 Å². The van der Waals surface area contributed by atoms with Gasteiger partial charge in [0.1, 0.15) is 17.2 Å². The van der Waals surface area contributed by atoms with Gasteiger partial charge in [0.2, 0.25) is 5.91 Å². The summed E-state index contributed by atoms with van der Waals surface area (Å²) in [6, 6.07) is 11.5. The molecular weight excluding hydrogens is 282 g/mol. The zero-order valence-electron chi connectivity index (χ0n) is 12.1. The van der Waals surface area contributed by atoms with Gasteiger partial charge in [-0.25, -0.2) is 0 Å². The van der Waals surface area contributed by atoms with E-state index in [1.807, 2.05) is 12.1 Å². The summed E-state index contributed by atoms with van der Waals surface area (Å²) in [6.07, 6.45) is 0. The summed E-state index contributed by atoms with van der Waals surface area (Å²) in [4.78, 5) is 11.6. The molecule has 2 unspecified atom stereocenters. The highest BCUT2D eigenvalue weighted by atomic mass is 16.5. The molecule has 1 amide bonds. The second kappa shape index (κ2) is 5.60. The van der Waals surface area contributed by atoms with E-state index in [1.54, 1.807) is 30.3 Å². The number of hydrogen-bond donors (Lipinski definition) is 3. The van der Waals surface area contributed by atoms with Crippen LogP contribution in [0.15, 0.2) is 42.5 Å². The van der Waals surface area contributed by atoms with Crippen LogP contribution < -0.4 is 10.1 Å². The third-order valence-electron chi connectivity index (χ3n) is 3.83. The molecule has 3 rings (SSSR count). The van der Waals surface area contributed by atoms with Crippen LogP contribution in [0.5, 0.6) is 17.2 Å². The monoisotopic (exact) mass is 299 g/mol. The predicted molar refractivity (Wildman–Crippen MR) is 81.0 cm³/mol. The van der Waals surface area contributed by atoms with Gasteiger partial charge in [0, 0.05) is 24.5 Å². The van der Waals surface area contributed by atoms with Crippen LogP contribution in [0.2, 0.25) is 0 Å². The summed E-state index contributed by atoms with van der Waals surface area (Å²) in [7, 11) is 0. The maximum atomic E-state index is 11.6. The normalized spacial score (nSPS) is 19.9. The highest BCUT2D eigenvalue weighted by Gasteiger charge is 2.33. The van der Waals surface area contributed by atoms with Gasteiger partial charge in [-0.3, -0.25) is 4.79 Å². The summed E-state index contributed by atoms with van der Waals surface area (Å²) in [5.74, 6) is 0.704. The number of amides is 1. The molecule has 1 heterocycles. The Morgan fingerprint density at radius 3 is 2.50 bits per heavy atom. The Morgan fingerprint density at radius 1 is 1.14 bits per heavy atom. The van der Waals surface area contributed by atoms with E-state index in [9.17, 15) is 15.0 Å². The first-order valence-electron chi connectivity index (χ1n) is 7.06. The first kappa shape index (κ1) is 14.3. The standard InChI is InChI=1S/C17H17NO4/c1-10(19)18-17-14-7-6-13(21)8-16(14)22-9-15(17)11-2-4-12(20)5-3-11/h2-8,15,17,20-21H,9H2,1H3,(H,18,19). The van der Waals surface area contributed by atoms with Crippen LogP contribution in [0.3, 0.4) is 0 Å². The van der Waals surface area contributed by atoms with Crippen molar-refractivity contribution in [3.63, 3.8) is 0 Å². The average molecular weight is 299 g/mol. The number of carbonyl (C=O) groups excluding carboxylic acids is 1. The van der Waals surface area contributed by atoms with E-state index < -0.39 is 0 Å². The molecule has 0 saturated heterocycles. The van der Waals surface area contributed by atoms with E-state index in [-0.39, 0.29) is 29.4 Å². The molecule has 2 aromatic carbocycles. The minimum absolute atomic E-state index is 0.0680. The van der Waals surface area contributed by atoms with E-state index >= 15 is 0 Å². The van der Waals surface area contributed by atoms with Crippen LogP contribution in [-0.4, -0.2) is 22.7 Å². The molecule has 0 aliphatic carbocycles. The zero-order valence-corrected chi connectivity index (χ0v) is 12.1. The summed E-state index contributed by atoms with van der Waals surface area (Å²) in [6.45, 7) is 1.86. The number of phenols is 2. The number of fused-ring (bicyclic) bond motifs is 1. The fourth-order valence-electron chi connectivity index (χ4n) is 2.81. The van der Waals surface area contributed by atoms with Crippen LogP contribution in [0, 0.1) is 0 Å². The number of hydrogen-bond acceptors (Lipinski definition) is 4. The van der Waals surface area contributed by atoms with Crippen molar-refractivity contribution >= 4 is 5.91 Å². The van der Waals surface area contributed by atoms with E-state index in [0.717, 1.165) is 11.1 Å². The van der Waals surface area contributed by atoms with Crippen molar-refractivity contribution in [2.45, 2.75) is 18.9 Å². The maximum absolute atomic E-state index is 11.6. The first-order chi connectivity index (χ1) is 10.5. The van der Waals surface area contributed by atoms with Gasteiger partial charge < -0.3 is 20.3 Å². The van der Waals surface area contributed by atoms with Crippen molar-refractivity contribution in [3.8, 4) is 17.2 Å². The second-order valence-corrected chi connectivity index (χ2v) is 5.41. The van der Waals surface area contributed by atoms with Gasteiger partial charge in [0.25, 0.3) is 0 Å². The molecule has 3 N–H and O–H groups in total. The minimum Gasteiger partial charge on any atom is -0.508 e. The average Bonchev–Trinajstić information content (AvgIpc) is 2.48. The van der Waals surface area contributed by atoms with E-state index in [4.69, 9.17) is 4.74 Å². The molecular formula is C17H17NO4. The van der Waals surface area contributed by atoms with Gasteiger partial charge in [0.15, 0.2) is 0 Å². The summed E-state index contributed by atoms with van der Waals surface area (Å²) in [5.41, 5.74) is 1.80. The van der Waals surface area contributed by atoms with E-state index in [0.29, 0.717) is 12.4 Å². The Balaban J connectivity index is 2.01. The molecule has 0 fully saturated rings. The Kier molecular flexibility index (Phi) is 3.63. The maximum Gasteiger partial charge on any atom is 0.217 e. The molecule has 5 nitrogen and oxygen atoms in total. The number of nitrogens with one attached hydrogen (secondary N) is 1. The summed E-state index contributed by atoms with van der Waals surface area (Å²) < 4.78 is 5.74. The number of benzene rings is 2. The van der Waals surface area contributed by atoms with Gasteiger partial charge in [-0.15, -0.1) is 0 Å². The quantitative estimate of drug-likeness (QED) is 0.796. The Hall–Kier alpha value is -2.69. The molecule has 0 spiro atoms. The fraction of sp³-hybridized carbons (Fsp3) is 0.235. The highest BCUT2D eigenvalue weighted by molar-refractivity contribution is 5.74. The molecule has 1 aliphatic heterocycles. The largest absolute Gasteiger partial charge is 0.508 e. The molecule has 0 saturated carbocycles. The number of carbonyl (C=O) groups is 1. The second-order valence-electron chi connectivity index (χ2n) is 5.41. The smallest absolute Gasteiger partial charge is 0.217 e. The van der Waals surface area contributed by atoms with Crippen molar-refractivity contribution in [1.82, 2.24) is 5.32 Å². The number of rotatable bonds is 2. The van der Waals surface area contributed by atoms with Gasteiger partial charge in [-0.2, -0.15) is 0 Å². The lowest BCUT2D eigenvalue weighted by Gasteiger charge is -2.34. The van der Waals surface area contributed by atoms with Gasteiger partial charge in [-0.1, -0.05) is 12.1 Å². The Morgan fingerprint density at radius 2 is 1.82 bits per heavy atom. The Labute approximate surface area is 128 Å². The van der Waals surface area contributed by atoms with E-state index in [2.05, 4.69) is 5.32 Å². The Bertz CT molecular complexity index is 696. The SMILES string of the molecule is CC(=O)NC1c2ccc(O)cc2OCC1c1ccc(O)cc1. The predicted octanol–water partition coefficient (Wildman–Crippen LogP) is 2.45. The molecule has 2 aromatic rings. The topological polar surface area (TPSA) is 78.8 Å². The van der Waals surface area contributed by atoms with Crippen molar-refractivity contribution in [3.05, 3.63) is 53.6 Å². The van der Waals surface area contributed by atoms with Gasteiger partial charge >= 0.3 is 0 Å². The third-order valence-corrected chi connectivity index (χ3v) is 3.83. The molecule has 114 valence electrons. The number of ether oxygens (including phenoxy) is 1. The van der Waals surface area contributed by atoms with Crippen LogP contribution in [0.4, 0.5) is 0 Å². The highest BCUT2D eigenvalue weighted by Crippen LogP contribution is 2.42. The van der Waals surface area contributed by atoms with Crippen LogP contribution in [0.1, 0.15) is 30.0 Å². The molecule has 0 bridgehead atoms. The van der Waals surface area contributed by atoms with Crippen molar-refractivity contribution in [2.24, 2.45) is 0 Å². The molecule has 0 radical (unpaired) electrons. The lowest BCUT2D eigenvalue weighted by Crippen LogP contribution is -2.36.